The van der Waals surface area contributed by atoms with Gasteiger partial charge in [-0.1, -0.05) is 34.1 Å². The average Bonchev–Trinajstić information content (AvgIpc) is 3.32. The quantitative estimate of drug-likeness (QED) is 0.480. The summed E-state index contributed by atoms with van der Waals surface area (Å²) in [6.07, 6.45) is 8.38. The van der Waals surface area contributed by atoms with E-state index in [0.717, 1.165) is 44.9 Å². The Morgan fingerprint density at radius 1 is 0.816 bits per heavy atom. The third-order valence-corrected chi connectivity index (χ3v) is 14.3. The van der Waals surface area contributed by atoms with Crippen LogP contribution in [0, 0.1) is 51.2 Å². The molecule has 0 spiro atoms. The van der Waals surface area contributed by atoms with Crippen LogP contribution < -0.4 is 0 Å². The van der Waals surface area contributed by atoms with Gasteiger partial charge in [0.25, 0.3) is 0 Å². The molecule has 0 aromatic carbocycles. The minimum absolute atomic E-state index is 0.0259. The van der Waals surface area contributed by atoms with Gasteiger partial charge in [0.1, 0.15) is 6.10 Å². The summed E-state index contributed by atoms with van der Waals surface area (Å²) in [5, 5.41) is 31.3. The van der Waals surface area contributed by atoms with Crippen molar-refractivity contribution >= 4 is 5.78 Å². The van der Waals surface area contributed by atoms with Gasteiger partial charge in [0.15, 0.2) is 18.2 Å². The van der Waals surface area contributed by atoms with Crippen LogP contribution in [0.15, 0.2) is 0 Å². The monoisotopic (exact) mass is 532 g/mol. The van der Waals surface area contributed by atoms with Gasteiger partial charge < -0.3 is 24.8 Å². The number of ketones is 1. The summed E-state index contributed by atoms with van der Waals surface area (Å²) in [4.78, 5) is 14.3. The van der Waals surface area contributed by atoms with Crippen molar-refractivity contribution in [1.29, 1.82) is 0 Å². The first-order valence-electron chi connectivity index (χ1n) is 15.8. The van der Waals surface area contributed by atoms with Gasteiger partial charge in [-0.2, -0.15) is 0 Å². The highest BCUT2D eigenvalue weighted by molar-refractivity contribution is 5.90. The molecule has 3 N–H and O–H groups in total. The Balaban J connectivity index is 1.30. The maximum Gasteiger partial charge on any atom is 0.188 e. The highest BCUT2D eigenvalue weighted by Crippen LogP contribution is 2.76. The number of ether oxygens (including phenoxy) is 2. The molecule has 6 nitrogen and oxygen atoms in total. The molecule has 0 aromatic rings. The molecule has 5 aliphatic carbocycles. The molecule has 0 bridgehead atoms. The van der Waals surface area contributed by atoms with Crippen molar-refractivity contribution in [1.82, 2.24) is 0 Å². The molecule has 0 radical (unpaired) electrons. The smallest absolute Gasteiger partial charge is 0.188 e. The number of rotatable bonds is 3. The number of carbonyl (C=O) groups excluding carboxylic acids is 1. The average molecular weight is 533 g/mol. The minimum atomic E-state index is -1.27. The van der Waals surface area contributed by atoms with Crippen molar-refractivity contribution in [2.24, 2.45) is 51.2 Å². The van der Waals surface area contributed by atoms with Crippen molar-refractivity contribution in [3.63, 3.8) is 0 Å². The highest BCUT2D eigenvalue weighted by atomic mass is 16.7. The van der Waals surface area contributed by atoms with Gasteiger partial charge in [0.2, 0.25) is 0 Å². The van der Waals surface area contributed by atoms with E-state index in [9.17, 15) is 20.1 Å². The number of Topliss-reactive ketones (excluding diaryl/α,β-unsaturated/α-hetero) is 1. The van der Waals surface area contributed by atoms with E-state index in [2.05, 4.69) is 27.7 Å². The van der Waals surface area contributed by atoms with Crippen LogP contribution in [0.1, 0.15) is 105 Å². The van der Waals surface area contributed by atoms with Gasteiger partial charge >= 0.3 is 0 Å². The molecule has 14 atom stereocenters. The zero-order chi connectivity index (χ0) is 27.3. The fraction of sp³-hybridized carbons (Fsp3) is 0.969. The predicted octanol–water partition coefficient (Wildman–Crippen LogP) is 4.86. The molecule has 6 rings (SSSR count). The summed E-state index contributed by atoms with van der Waals surface area (Å²) in [5.41, 5.74) is 0.260. The molecule has 6 heteroatoms. The van der Waals surface area contributed by atoms with Gasteiger partial charge in [0.05, 0.1) is 18.8 Å². The first-order valence-corrected chi connectivity index (χ1v) is 15.8. The molecule has 1 saturated heterocycles. The van der Waals surface area contributed by atoms with E-state index in [0.29, 0.717) is 29.6 Å². The number of hydrogen-bond acceptors (Lipinski definition) is 6. The molecule has 0 amide bonds. The topological polar surface area (TPSA) is 96.2 Å². The Morgan fingerprint density at radius 3 is 2.32 bits per heavy atom. The summed E-state index contributed by atoms with van der Waals surface area (Å²) in [6.45, 7) is 11.6. The predicted molar refractivity (Wildman–Crippen MR) is 144 cm³/mol. The maximum atomic E-state index is 14.3. The largest absolute Gasteiger partial charge is 0.394 e. The summed E-state index contributed by atoms with van der Waals surface area (Å²) in [6, 6.07) is 0. The van der Waals surface area contributed by atoms with Crippen molar-refractivity contribution in [2.75, 3.05) is 6.61 Å². The number of hydrogen-bond donors (Lipinski definition) is 3. The molecule has 1 aliphatic heterocycles. The van der Waals surface area contributed by atoms with E-state index < -0.39 is 30.0 Å². The molecule has 6 aliphatic rings. The van der Waals surface area contributed by atoms with Crippen LogP contribution in [-0.4, -0.2) is 58.4 Å². The Hall–Kier alpha value is -0.530. The molecule has 5 saturated carbocycles. The standard InChI is InChI=1S/C32H52O6/c1-18-20-10-14-31(5)25(29(20,3)13-11-23(18)34)9-8-21-22-7-6-12-32(22,16-15-30(21,31)4)27(35)26-28(36)37-19(2)24(17-33)38-26/h18-26,28,33-34,36H,6-17H2,1-5H3/t18?,19?,20?,21?,22?,23?,24?,25?,26?,28?,29?,30-,31?,32?/m1/s1. The fourth-order valence-corrected chi connectivity index (χ4v) is 12.0. The van der Waals surface area contributed by atoms with Crippen LogP contribution in [0.25, 0.3) is 0 Å². The van der Waals surface area contributed by atoms with Crippen LogP contribution in [0.5, 0.6) is 0 Å². The van der Waals surface area contributed by atoms with Gasteiger partial charge in [-0.3, -0.25) is 4.79 Å². The van der Waals surface area contributed by atoms with Crippen molar-refractivity contribution in [3.8, 4) is 0 Å². The summed E-state index contributed by atoms with van der Waals surface area (Å²) >= 11 is 0. The molecule has 6 fully saturated rings. The lowest BCUT2D eigenvalue weighted by atomic mass is 9.33. The normalized spacial score (nSPS) is 58.3. The van der Waals surface area contributed by atoms with E-state index in [1.165, 1.54) is 25.7 Å². The third-order valence-electron chi connectivity index (χ3n) is 14.3. The highest BCUT2D eigenvalue weighted by Gasteiger charge is 2.70. The van der Waals surface area contributed by atoms with Gasteiger partial charge in [-0.25, -0.2) is 0 Å². The molecule has 0 aromatic heterocycles. The maximum absolute atomic E-state index is 14.3. The Bertz CT molecular complexity index is 939. The van der Waals surface area contributed by atoms with Crippen LogP contribution in [0.2, 0.25) is 0 Å². The minimum Gasteiger partial charge on any atom is -0.394 e. The lowest BCUT2D eigenvalue weighted by Gasteiger charge is -2.71. The molecular weight excluding hydrogens is 480 g/mol. The summed E-state index contributed by atoms with van der Waals surface area (Å²) in [7, 11) is 0. The molecule has 13 unspecified atom stereocenters. The molecule has 216 valence electrons. The zero-order valence-corrected chi connectivity index (χ0v) is 24.3. The van der Waals surface area contributed by atoms with E-state index >= 15 is 0 Å². The molecule has 38 heavy (non-hydrogen) atoms. The zero-order valence-electron chi connectivity index (χ0n) is 24.3. The number of fused-ring (bicyclic) bond motifs is 7. The van der Waals surface area contributed by atoms with Crippen LogP contribution in [0.3, 0.4) is 0 Å². The van der Waals surface area contributed by atoms with Crippen molar-refractivity contribution in [2.45, 2.75) is 136 Å². The second kappa shape index (κ2) is 9.24. The van der Waals surface area contributed by atoms with E-state index in [4.69, 9.17) is 9.47 Å². The van der Waals surface area contributed by atoms with Crippen molar-refractivity contribution < 1.29 is 29.6 Å². The van der Waals surface area contributed by atoms with E-state index in [1.807, 2.05) is 0 Å². The van der Waals surface area contributed by atoms with Crippen molar-refractivity contribution in [3.05, 3.63) is 0 Å². The SMILES string of the molecule is CC1OC(O)C(C(=O)C23CCCC2C2CCC4C5(C)CCC(O)C(C)C5CCC4(C)[C@]2(C)CC3)OC1CO. The van der Waals surface area contributed by atoms with Crippen LogP contribution in [0.4, 0.5) is 0 Å². The summed E-state index contributed by atoms with van der Waals surface area (Å²) in [5.74, 6) is 2.50. The van der Waals surface area contributed by atoms with E-state index in [1.54, 1.807) is 6.92 Å². The van der Waals surface area contributed by atoms with Crippen LogP contribution in [-0.2, 0) is 14.3 Å². The van der Waals surface area contributed by atoms with Crippen LogP contribution >= 0.6 is 0 Å². The second-order valence-corrected chi connectivity index (χ2v) is 15.2. The Morgan fingerprint density at radius 2 is 1.58 bits per heavy atom. The van der Waals surface area contributed by atoms with Gasteiger partial charge in [-0.05, 0) is 117 Å². The van der Waals surface area contributed by atoms with Gasteiger partial charge in [-0.15, -0.1) is 0 Å². The lowest BCUT2D eigenvalue weighted by Crippen LogP contribution is -2.66. The molecule has 1 heterocycles. The Kier molecular flexibility index (Phi) is 6.72. The van der Waals surface area contributed by atoms with E-state index in [-0.39, 0.29) is 34.7 Å². The fourth-order valence-electron chi connectivity index (χ4n) is 12.0. The third kappa shape index (κ3) is 3.52. The number of carbonyl (C=O) groups is 1. The number of aliphatic hydroxyl groups is 3. The molecular formula is C32H52O6. The number of aliphatic hydroxyl groups excluding tert-OH is 3. The van der Waals surface area contributed by atoms with Gasteiger partial charge in [0, 0.05) is 5.41 Å². The summed E-state index contributed by atoms with van der Waals surface area (Å²) < 4.78 is 11.7. The second-order valence-electron chi connectivity index (χ2n) is 15.2. The first-order chi connectivity index (χ1) is 17.9. The lowest BCUT2D eigenvalue weighted by molar-refractivity contribution is -0.282. The Labute approximate surface area is 229 Å². The first kappa shape index (κ1) is 27.6.